The van der Waals surface area contributed by atoms with E-state index in [0.717, 1.165) is 23.5 Å². The van der Waals surface area contributed by atoms with Crippen LogP contribution < -0.4 is 68.9 Å². The van der Waals surface area contributed by atoms with Crippen LogP contribution in [0, 0.1) is 23.0 Å². The Morgan fingerprint density at radius 2 is 1.92 bits per heavy atom. The number of nitriles is 1. The third-order valence-corrected chi connectivity index (χ3v) is 7.00. The molecule has 180 valence electrons. The molecule has 37 heavy (non-hydrogen) atoms. The molecule has 15 heteroatoms. The average Bonchev–Trinajstić information content (AvgIpc) is 3.49. The Kier molecular flexibility index (Phi) is 11.3. The van der Waals surface area contributed by atoms with Crippen LogP contribution in [0.4, 0.5) is 8.78 Å². The summed E-state index contributed by atoms with van der Waals surface area (Å²) >= 11 is 1.14. The third kappa shape index (κ3) is 7.41. The molecular formula is C22H16F2N5Na2O4PS. The van der Waals surface area contributed by atoms with Gasteiger partial charge in [0.15, 0.2) is 0 Å². The van der Waals surface area contributed by atoms with E-state index < -0.39 is 37.5 Å². The van der Waals surface area contributed by atoms with Gasteiger partial charge in [-0.1, -0.05) is 25.1 Å². The van der Waals surface area contributed by atoms with Crippen molar-refractivity contribution in [2.24, 2.45) is 0 Å². The molecular weight excluding hydrogens is 545 g/mol. The zero-order valence-corrected chi connectivity index (χ0v) is 25.7. The van der Waals surface area contributed by atoms with Gasteiger partial charge in [0.1, 0.15) is 29.9 Å². The van der Waals surface area contributed by atoms with E-state index in [1.165, 1.54) is 24.3 Å². The van der Waals surface area contributed by atoms with Crippen LogP contribution in [-0.2, 0) is 21.2 Å². The first-order chi connectivity index (χ1) is 16.6. The minimum atomic E-state index is -5.71. The van der Waals surface area contributed by atoms with E-state index in [0.29, 0.717) is 27.9 Å². The fourth-order valence-electron chi connectivity index (χ4n) is 3.73. The molecule has 0 bridgehead atoms. The molecule has 0 amide bonds. The first-order valence-electron chi connectivity index (χ1n) is 10.1. The van der Waals surface area contributed by atoms with Gasteiger partial charge < -0.3 is 18.9 Å². The fraction of sp³-hybridized carbons (Fsp3) is 0.182. The molecule has 0 spiro atoms. The van der Waals surface area contributed by atoms with Gasteiger partial charge >= 0.3 is 59.1 Å². The van der Waals surface area contributed by atoms with Crippen molar-refractivity contribution in [3.05, 3.63) is 88.3 Å². The summed E-state index contributed by atoms with van der Waals surface area (Å²) in [7, 11) is -5.71. The Labute approximate surface area is 259 Å². The van der Waals surface area contributed by atoms with Crippen molar-refractivity contribution in [2.75, 3.05) is 0 Å². The zero-order valence-electron chi connectivity index (χ0n) is 20.0. The van der Waals surface area contributed by atoms with Crippen LogP contribution >= 0.6 is 19.2 Å². The summed E-state index contributed by atoms with van der Waals surface area (Å²) in [5.74, 6) is -3.01. The van der Waals surface area contributed by atoms with Crippen molar-refractivity contribution >= 4 is 19.2 Å². The van der Waals surface area contributed by atoms with Gasteiger partial charge in [0.2, 0.25) is 0 Å². The Bertz CT molecular complexity index is 1430. The number of benzene rings is 2. The van der Waals surface area contributed by atoms with Crippen molar-refractivity contribution in [1.29, 1.82) is 5.26 Å². The third-order valence-electron chi connectivity index (χ3n) is 5.43. The minimum Gasteiger partial charge on any atom is -0.790 e. The summed E-state index contributed by atoms with van der Waals surface area (Å²) in [5, 5.41) is 15.0. The van der Waals surface area contributed by atoms with E-state index in [1.807, 2.05) is 6.07 Å². The van der Waals surface area contributed by atoms with E-state index in [2.05, 4.69) is 15.1 Å². The number of phosphoric ester groups is 1. The van der Waals surface area contributed by atoms with Crippen LogP contribution in [-0.4, -0.2) is 19.7 Å². The van der Waals surface area contributed by atoms with Crippen molar-refractivity contribution in [1.82, 2.24) is 19.7 Å². The standard InChI is InChI=1S/C22H18F2N5O4PS.2Na/c1-14(21-28-20(10-35-21)16-4-2-15(9-25)3-5-16)22(33-34(30,31)32,11-29-13-26-12-27-29)18-7-6-17(23)8-19(18)24;;/h2-8,10,12-14H,11H2,1H3,(H2,30,31,32);;/q;2*+1/p-2. The second-order valence-electron chi connectivity index (χ2n) is 7.63. The smallest absolute Gasteiger partial charge is 0.790 e. The van der Waals surface area contributed by atoms with Crippen LogP contribution in [0.3, 0.4) is 0 Å². The summed E-state index contributed by atoms with van der Waals surface area (Å²) in [6.45, 7) is 1.09. The van der Waals surface area contributed by atoms with Crippen LogP contribution in [0.2, 0.25) is 0 Å². The number of phosphoric acid groups is 1. The Balaban J connectivity index is 0.00000241. The van der Waals surface area contributed by atoms with E-state index in [9.17, 15) is 18.7 Å². The van der Waals surface area contributed by atoms with Crippen molar-refractivity contribution in [2.45, 2.75) is 25.0 Å². The predicted molar refractivity (Wildman–Crippen MR) is 117 cm³/mol. The topological polar surface area (TPSA) is 140 Å². The summed E-state index contributed by atoms with van der Waals surface area (Å²) in [4.78, 5) is 32.2. The van der Waals surface area contributed by atoms with Crippen LogP contribution in [0.1, 0.15) is 29.0 Å². The first-order valence-corrected chi connectivity index (χ1v) is 12.4. The maximum Gasteiger partial charge on any atom is 1.00 e. The molecule has 0 saturated carbocycles. The maximum atomic E-state index is 15.1. The second kappa shape index (κ2) is 13.2. The largest absolute Gasteiger partial charge is 1.00 e. The summed E-state index contributed by atoms with van der Waals surface area (Å²) < 4.78 is 47.0. The molecule has 0 aliphatic carbocycles. The number of hydrogen-bond acceptors (Lipinski definition) is 9. The van der Waals surface area contributed by atoms with E-state index in [1.54, 1.807) is 29.6 Å². The number of nitrogens with zero attached hydrogens (tertiary/aromatic N) is 5. The molecule has 0 fully saturated rings. The molecule has 4 aromatic rings. The summed E-state index contributed by atoms with van der Waals surface area (Å²) in [6.07, 6.45) is 2.42. The molecule has 2 heterocycles. The molecule has 0 aliphatic rings. The van der Waals surface area contributed by atoms with Gasteiger partial charge in [-0.3, -0.25) is 0 Å². The quantitative estimate of drug-likeness (QED) is 0.165. The molecule has 4 rings (SSSR count). The second-order valence-corrected chi connectivity index (χ2v) is 9.59. The number of halogens is 2. The van der Waals surface area contributed by atoms with Gasteiger partial charge in [0, 0.05) is 28.5 Å². The Morgan fingerprint density at radius 3 is 2.49 bits per heavy atom. The zero-order chi connectivity index (χ0) is 25.2. The minimum absolute atomic E-state index is 0. The molecule has 9 nitrogen and oxygen atoms in total. The molecule has 0 saturated heterocycles. The SMILES string of the molecule is CC(c1nc(-c2ccc(C#N)cc2)cs1)C(Cn1cncn1)(OP(=O)([O-])[O-])c1ccc(F)cc1F.[Na+].[Na+]. The van der Waals surface area contributed by atoms with Crippen LogP contribution in [0.15, 0.2) is 60.5 Å². The van der Waals surface area contributed by atoms with Gasteiger partial charge in [0.25, 0.3) is 0 Å². The molecule has 2 unspecified atom stereocenters. The monoisotopic (exact) mass is 561 g/mol. The molecule has 0 N–H and O–H groups in total. The van der Waals surface area contributed by atoms with Crippen LogP contribution in [0.5, 0.6) is 0 Å². The van der Waals surface area contributed by atoms with E-state index in [4.69, 9.17) is 9.79 Å². The van der Waals surface area contributed by atoms with E-state index >= 15 is 4.39 Å². The number of aromatic nitrogens is 4. The first kappa shape index (κ1) is 31.9. The molecule has 2 aromatic carbocycles. The maximum absolute atomic E-state index is 15.1. The number of rotatable bonds is 8. The van der Waals surface area contributed by atoms with Gasteiger partial charge in [-0.25, -0.2) is 23.4 Å². The average molecular weight is 561 g/mol. The normalized spacial score (nSPS) is 13.5. The summed E-state index contributed by atoms with van der Waals surface area (Å²) in [5.41, 5.74) is -0.851. The van der Waals surface area contributed by atoms with Gasteiger partial charge in [-0.05, 0) is 18.2 Å². The van der Waals surface area contributed by atoms with Crippen molar-refractivity contribution in [3.8, 4) is 17.3 Å². The number of thiazole rings is 1. The van der Waals surface area contributed by atoms with E-state index in [-0.39, 0.29) is 64.7 Å². The Hall–Kier alpha value is -1.33. The van der Waals surface area contributed by atoms with Crippen LogP contribution in [0.25, 0.3) is 11.3 Å². The fourth-order valence-corrected chi connectivity index (χ4v) is 5.41. The van der Waals surface area contributed by atoms with Crippen molar-refractivity contribution < 1.29 is 86.8 Å². The van der Waals surface area contributed by atoms with Gasteiger partial charge in [-0.15, -0.1) is 11.3 Å². The molecule has 0 radical (unpaired) electrons. The Morgan fingerprint density at radius 1 is 1.22 bits per heavy atom. The molecule has 0 aliphatic heterocycles. The van der Waals surface area contributed by atoms with Gasteiger partial charge in [0.05, 0.1) is 36.7 Å². The van der Waals surface area contributed by atoms with Crippen molar-refractivity contribution in [3.63, 3.8) is 0 Å². The van der Waals surface area contributed by atoms with Gasteiger partial charge in [-0.2, -0.15) is 10.4 Å². The molecule has 2 atom stereocenters. The molecule has 2 aromatic heterocycles. The summed E-state index contributed by atoms with van der Waals surface area (Å²) in [6, 6.07) is 11.2. The predicted octanol–water partition coefficient (Wildman–Crippen LogP) is -2.90. The number of hydrogen-bond donors (Lipinski definition) is 0.